The van der Waals surface area contributed by atoms with Gasteiger partial charge in [-0.2, -0.15) is 0 Å². The van der Waals surface area contributed by atoms with Gasteiger partial charge in [0.05, 0.1) is 23.6 Å². The number of amides is 1. The van der Waals surface area contributed by atoms with E-state index in [4.69, 9.17) is 32.7 Å². The Morgan fingerprint density at radius 3 is 2.24 bits per heavy atom. The predicted molar refractivity (Wildman–Crippen MR) is 130 cm³/mol. The molecule has 1 amide bonds. The SMILES string of the molecule is COc1ccc(NS(=O)(=O)c2ccc(NC(=O)CCCOc3ccc(Cl)cc3Cl)cc2)cc1. The first-order valence-corrected chi connectivity index (χ1v) is 12.2. The van der Waals surface area contributed by atoms with E-state index in [-0.39, 0.29) is 17.2 Å². The van der Waals surface area contributed by atoms with Gasteiger partial charge in [-0.05, 0) is 73.2 Å². The fourth-order valence-corrected chi connectivity index (χ4v) is 4.34. The molecular formula is C23H22Cl2N2O5S. The van der Waals surface area contributed by atoms with Crippen LogP contribution in [0, 0.1) is 0 Å². The number of methoxy groups -OCH3 is 1. The van der Waals surface area contributed by atoms with Gasteiger partial charge in [0.15, 0.2) is 0 Å². The Labute approximate surface area is 202 Å². The van der Waals surface area contributed by atoms with Crippen LogP contribution in [-0.4, -0.2) is 28.0 Å². The number of rotatable bonds is 10. The Balaban J connectivity index is 1.48. The maximum absolute atomic E-state index is 12.6. The molecule has 0 aromatic heterocycles. The molecule has 3 aromatic rings. The van der Waals surface area contributed by atoms with E-state index < -0.39 is 10.0 Å². The van der Waals surface area contributed by atoms with E-state index >= 15 is 0 Å². The fraction of sp³-hybridized carbons (Fsp3) is 0.174. The second-order valence-corrected chi connectivity index (χ2v) is 9.46. The van der Waals surface area contributed by atoms with Gasteiger partial charge in [-0.15, -0.1) is 0 Å². The fourth-order valence-electron chi connectivity index (χ4n) is 2.82. The Hall–Kier alpha value is -2.94. The van der Waals surface area contributed by atoms with Crippen molar-refractivity contribution in [2.24, 2.45) is 0 Å². The molecule has 0 saturated heterocycles. The summed E-state index contributed by atoms with van der Waals surface area (Å²) in [6.45, 7) is 0.309. The van der Waals surface area contributed by atoms with E-state index in [0.29, 0.717) is 45.9 Å². The van der Waals surface area contributed by atoms with Crippen molar-refractivity contribution in [3.05, 3.63) is 76.8 Å². The van der Waals surface area contributed by atoms with Crippen LogP contribution in [0.5, 0.6) is 11.5 Å². The number of hydrogen-bond donors (Lipinski definition) is 2. The van der Waals surface area contributed by atoms with Gasteiger partial charge >= 0.3 is 0 Å². The molecule has 0 aliphatic carbocycles. The maximum atomic E-state index is 12.6. The zero-order valence-corrected chi connectivity index (χ0v) is 20.0. The predicted octanol–water partition coefficient (Wildman–Crippen LogP) is 5.60. The minimum absolute atomic E-state index is 0.0737. The van der Waals surface area contributed by atoms with Crippen LogP contribution in [0.3, 0.4) is 0 Å². The summed E-state index contributed by atoms with van der Waals surface area (Å²) in [7, 11) is -2.23. The lowest BCUT2D eigenvalue weighted by Crippen LogP contribution is -2.14. The van der Waals surface area contributed by atoms with E-state index in [9.17, 15) is 13.2 Å². The molecule has 0 atom stereocenters. The van der Waals surface area contributed by atoms with E-state index in [1.54, 1.807) is 42.5 Å². The van der Waals surface area contributed by atoms with Gasteiger partial charge in [0.2, 0.25) is 5.91 Å². The third-order valence-corrected chi connectivity index (χ3v) is 6.42. The summed E-state index contributed by atoms with van der Waals surface area (Å²) in [6.07, 6.45) is 0.702. The lowest BCUT2D eigenvalue weighted by molar-refractivity contribution is -0.116. The van der Waals surface area contributed by atoms with E-state index in [1.807, 2.05) is 0 Å². The van der Waals surface area contributed by atoms with Gasteiger partial charge in [0.1, 0.15) is 11.5 Å². The number of carbonyl (C=O) groups excluding carboxylic acids is 1. The summed E-state index contributed by atoms with van der Waals surface area (Å²) in [5, 5.41) is 3.66. The Morgan fingerprint density at radius 1 is 0.939 bits per heavy atom. The Bertz CT molecular complexity index is 1200. The van der Waals surface area contributed by atoms with Gasteiger partial charge < -0.3 is 14.8 Å². The second-order valence-electron chi connectivity index (χ2n) is 6.93. The third-order valence-electron chi connectivity index (χ3n) is 4.49. The number of ether oxygens (including phenoxy) is 2. The number of anilines is 2. The number of benzene rings is 3. The van der Waals surface area contributed by atoms with Crippen LogP contribution >= 0.6 is 23.2 Å². The molecule has 10 heteroatoms. The molecule has 0 bridgehead atoms. The largest absolute Gasteiger partial charge is 0.497 e. The lowest BCUT2D eigenvalue weighted by Gasteiger charge is -2.10. The molecule has 0 spiro atoms. The number of sulfonamides is 1. The van der Waals surface area contributed by atoms with Crippen molar-refractivity contribution < 1.29 is 22.7 Å². The van der Waals surface area contributed by atoms with Crippen LogP contribution < -0.4 is 19.5 Å². The normalized spacial score (nSPS) is 11.0. The number of halogens is 2. The zero-order chi connectivity index (χ0) is 23.8. The van der Waals surface area contributed by atoms with E-state index in [1.165, 1.54) is 31.4 Å². The highest BCUT2D eigenvalue weighted by molar-refractivity contribution is 7.92. The Kier molecular flexibility index (Phi) is 8.43. The molecule has 2 N–H and O–H groups in total. The lowest BCUT2D eigenvalue weighted by atomic mass is 10.2. The standard InChI is InChI=1S/C23H22Cl2N2O5S/c1-31-19-9-5-18(6-10-19)27-33(29,30)20-11-7-17(8-12-20)26-23(28)3-2-14-32-22-13-4-16(24)15-21(22)25/h4-13,15,27H,2-3,14H2,1H3,(H,26,28). The molecule has 7 nitrogen and oxygen atoms in total. The van der Waals surface area contributed by atoms with Crippen molar-refractivity contribution in [3.8, 4) is 11.5 Å². The smallest absolute Gasteiger partial charge is 0.261 e. The molecule has 33 heavy (non-hydrogen) atoms. The first kappa shape index (κ1) is 24.7. The quantitative estimate of drug-likeness (QED) is 0.347. The summed E-state index contributed by atoms with van der Waals surface area (Å²) in [5.74, 6) is 0.910. The van der Waals surface area contributed by atoms with Crippen LogP contribution in [0.15, 0.2) is 71.6 Å². The second kappa shape index (κ2) is 11.3. The van der Waals surface area contributed by atoms with Crippen LogP contribution in [-0.2, 0) is 14.8 Å². The highest BCUT2D eigenvalue weighted by Crippen LogP contribution is 2.27. The molecule has 0 unspecified atom stereocenters. The van der Waals surface area contributed by atoms with Crippen molar-refractivity contribution in [2.75, 3.05) is 23.8 Å². The average Bonchev–Trinajstić information content (AvgIpc) is 2.78. The molecule has 0 radical (unpaired) electrons. The molecule has 3 rings (SSSR count). The first-order chi connectivity index (χ1) is 15.8. The summed E-state index contributed by atoms with van der Waals surface area (Å²) in [4.78, 5) is 12.2. The van der Waals surface area contributed by atoms with Crippen molar-refractivity contribution in [1.29, 1.82) is 0 Å². The van der Waals surface area contributed by atoms with Crippen molar-refractivity contribution in [1.82, 2.24) is 0 Å². The average molecular weight is 509 g/mol. The van der Waals surface area contributed by atoms with Crippen LogP contribution in [0.1, 0.15) is 12.8 Å². The summed E-state index contributed by atoms with van der Waals surface area (Å²) in [5.41, 5.74) is 0.903. The molecule has 0 saturated carbocycles. The number of nitrogens with one attached hydrogen (secondary N) is 2. The highest BCUT2D eigenvalue weighted by Gasteiger charge is 2.14. The maximum Gasteiger partial charge on any atom is 0.261 e. The molecule has 0 aliphatic heterocycles. The highest BCUT2D eigenvalue weighted by atomic mass is 35.5. The molecule has 0 heterocycles. The van der Waals surface area contributed by atoms with Gasteiger partial charge in [0, 0.05) is 22.8 Å². The summed E-state index contributed by atoms with van der Waals surface area (Å²) < 4.78 is 38.2. The van der Waals surface area contributed by atoms with Crippen LogP contribution in [0.25, 0.3) is 0 Å². The van der Waals surface area contributed by atoms with Crippen molar-refractivity contribution >= 4 is 50.5 Å². The summed E-state index contributed by atoms with van der Waals surface area (Å²) >= 11 is 11.9. The van der Waals surface area contributed by atoms with E-state index in [0.717, 1.165) is 0 Å². The monoisotopic (exact) mass is 508 g/mol. The molecule has 0 fully saturated rings. The molecule has 3 aromatic carbocycles. The third kappa shape index (κ3) is 7.28. The van der Waals surface area contributed by atoms with Crippen LogP contribution in [0.2, 0.25) is 10.0 Å². The van der Waals surface area contributed by atoms with Crippen LogP contribution in [0.4, 0.5) is 11.4 Å². The Morgan fingerprint density at radius 2 is 1.61 bits per heavy atom. The zero-order valence-electron chi connectivity index (χ0n) is 17.7. The molecular weight excluding hydrogens is 487 g/mol. The minimum Gasteiger partial charge on any atom is -0.497 e. The summed E-state index contributed by atoms with van der Waals surface area (Å²) in [6, 6.07) is 17.4. The van der Waals surface area contributed by atoms with Crippen molar-refractivity contribution in [3.63, 3.8) is 0 Å². The van der Waals surface area contributed by atoms with E-state index in [2.05, 4.69) is 10.0 Å². The van der Waals surface area contributed by atoms with Gasteiger partial charge in [-0.3, -0.25) is 9.52 Å². The number of carbonyl (C=O) groups is 1. The van der Waals surface area contributed by atoms with Gasteiger partial charge in [-0.25, -0.2) is 8.42 Å². The van der Waals surface area contributed by atoms with Gasteiger partial charge in [-0.1, -0.05) is 23.2 Å². The van der Waals surface area contributed by atoms with Crippen molar-refractivity contribution in [2.45, 2.75) is 17.7 Å². The van der Waals surface area contributed by atoms with Gasteiger partial charge in [0.25, 0.3) is 10.0 Å². The minimum atomic E-state index is -3.77. The number of hydrogen-bond acceptors (Lipinski definition) is 5. The molecule has 0 aliphatic rings. The first-order valence-electron chi connectivity index (χ1n) is 9.91. The molecule has 174 valence electrons. The topological polar surface area (TPSA) is 93.7 Å².